The highest BCUT2D eigenvalue weighted by atomic mass is 19.1. The molecule has 0 aliphatic rings. The van der Waals surface area contributed by atoms with Gasteiger partial charge in [0.15, 0.2) is 0 Å². The first-order chi connectivity index (χ1) is 9.52. The molecule has 1 N–H and O–H groups in total. The molecule has 0 aliphatic carbocycles. The van der Waals surface area contributed by atoms with Gasteiger partial charge in [0, 0.05) is 12.1 Å². The molecule has 1 aromatic carbocycles. The molecule has 0 atom stereocenters. The molecule has 0 saturated heterocycles. The number of rotatable bonds is 4. The molecule has 1 aromatic heterocycles. The fourth-order valence-corrected chi connectivity index (χ4v) is 2.11. The molecular formula is C15H14FNO3. The average Bonchev–Trinajstić information content (AvgIpc) is 2.41. The van der Waals surface area contributed by atoms with Gasteiger partial charge in [-0.1, -0.05) is 6.07 Å². The molecule has 20 heavy (non-hydrogen) atoms. The molecule has 1 heterocycles. The molecule has 0 unspecified atom stereocenters. The minimum Gasteiger partial charge on any atom is -0.481 e. The van der Waals surface area contributed by atoms with Crippen molar-refractivity contribution in [1.29, 1.82) is 0 Å². The lowest BCUT2D eigenvalue weighted by atomic mass is 10.1. The van der Waals surface area contributed by atoms with E-state index in [1.807, 2.05) is 0 Å². The highest BCUT2D eigenvalue weighted by Gasteiger charge is 2.11. The van der Waals surface area contributed by atoms with Crippen LogP contribution in [0.3, 0.4) is 0 Å². The van der Waals surface area contributed by atoms with Gasteiger partial charge in [0.1, 0.15) is 5.82 Å². The van der Waals surface area contributed by atoms with Crippen molar-refractivity contribution in [2.24, 2.45) is 0 Å². The molecule has 2 aromatic rings. The van der Waals surface area contributed by atoms with Crippen LogP contribution in [0.5, 0.6) is 0 Å². The minimum absolute atomic E-state index is 0.241. The number of halogens is 1. The monoisotopic (exact) mass is 275 g/mol. The minimum atomic E-state index is -1.04. The summed E-state index contributed by atoms with van der Waals surface area (Å²) >= 11 is 0. The third-order valence-electron chi connectivity index (χ3n) is 3.05. The van der Waals surface area contributed by atoms with Gasteiger partial charge >= 0.3 is 5.97 Å². The molecule has 0 spiro atoms. The molecule has 104 valence electrons. The maximum absolute atomic E-state index is 12.9. The zero-order chi connectivity index (χ0) is 14.7. The summed E-state index contributed by atoms with van der Waals surface area (Å²) in [6.07, 6.45) is -0.303. The van der Waals surface area contributed by atoms with Crippen LogP contribution in [-0.2, 0) is 17.8 Å². The largest absolute Gasteiger partial charge is 0.481 e. The summed E-state index contributed by atoms with van der Waals surface area (Å²) in [5.41, 5.74) is 1.28. The summed E-state index contributed by atoms with van der Waals surface area (Å²) in [6.45, 7) is 2.22. The SMILES string of the molecule is CCn1c(-c2ccc(F)cc2)ccc(CC(=O)O)c1=O. The lowest BCUT2D eigenvalue weighted by Crippen LogP contribution is -2.25. The predicted molar refractivity (Wildman–Crippen MR) is 73.1 cm³/mol. The van der Waals surface area contributed by atoms with E-state index in [0.717, 1.165) is 0 Å². The van der Waals surface area contributed by atoms with Gasteiger partial charge in [-0.25, -0.2) is 4.39 Å². The highest BCUT2D eigenvalue weighted by molar-refractivity contribution is 5.70. The zero-order valence-electron chi connectivity index (χ0n) is 11.0. The summed E-state index contributed by atoms with van der Waals surface area (Å²) in [4.78, 5) is 22.9. The van der Waals surface area contributed by atoms with Crippen LogP contribution >= 0.6 is 0 Å². The average molecular weight is 275 g/mol. The number of nitrogens with zero attached hydrogens (tertiary/aromatic N) is 1. The number of aromatic nitrogens is 1. The Hall–Kier alpha value is -2.43. The Bertz CT molecular complexity index is 689. The van der Waals surface area contributed by atoms with Gasteiger partial charge in [0.05, 0.1) is 12.1 Å². The second kappa shape index (κ2) is 5.69. The molecule has 0 radical (unpaired) electrons. The van der Waals surface area contributed by atoms with Crippen LogP contribution in [0.25, 0.3) is 11.3 Å². The summed E-state index contributed by atoms with van der Waals surface area (Å²) in [5.74, 6) is -1.39. The second-order valence-electron chi connectivity index (χ2n) is 4.37. The van der Waals surface area contributed by atoms with Crippen molar-refractivity contribution in [2.75, 3.05) is 0 Å². The smallest absolute Gasteiger partial charge is 0.308 e. The summed E-state index contributed by atoms with van der Waals surface area (Å²) in [7, 11) is 0. The number of carbonyl (C=O) groups is 1. The van der Waals surface area contributed by atoms with Gasteiger partial charge in [0.25, 0.3) is 5.56 Å². The van der Waals surface area contributed by atoms with E-state index in [1.165, 1.54) is 22.8 Å². The van der Waals surface area contributed by atoms with Crippen molar-refractivity contribution >= 4 is 5.97 Å². The molecule has 0 aliphatic heterocycles. The molecule has 2 rings (SSSR count). The fraction of sp³-hybridized carbons (Fsp3) is 0.200. The Morgan fingerprint density at radius 2 is 1.85 bits per heavy atom. The van der Waals surface area contributed by atoms with E-state index in [1.54, 1.807) is 25.1 Å². The van der Waals surface area contributed by atoms with E-state index < -0.39 is 5.97 Å². The third-order valence-corrected chi connectivity index (χ3v) is 3.05. The standard InChI is InChI=1S/C15H14FNO3/c1-2-17-13(10-3-6-12(16)7-4-10)8-5-11(15(17)20)9-14(18)19/h3-8H,2,9H2,1H3,(H,18,19). The van der Waals surface area contributed by atoms with Crippen LogP contribution in [0, 0.1) is 5.82 Å². The first-order valence-electron chi connectivity index (χ1n) is 6.23. The predicted octanol–water partition coefficient (Wildman–Crippen LogP) is 2.30. The molecule has 0 saturated carbocycles. The maximum atomic E-state index is 12.9. The van der Waals surface area contributed by atoms with E-state index in [4.69, 9.17) is 5.11 Å². The molecular weight excluding hydrogens is 261 g/mol. The van der Waals surface area contributed by atoms with Crippen LogP contribution in [-0.4, -0.2) is 15.6 Å². The Balaban J connectivity index is 2.55. The lowest BCUT2D eigenvalue weighted by Gasteiger charge is -2.12. The number of pyridine rings is 1. The maximum Gasteiger partial charge on any atom is 0.308 e. The van der Waals surface area contributed by atoms with Crippen molar-refractivity contribution < 1.29 is 14.3 Å². The summed E-state index contributed by atoms with van der Waals surface area (Å²) in [6, 6.07) is 9.04. The summed E-state index contributed by atoms with van der Waals surface area (Å²) < 4.78 is 14.4. The van der Waals surface area contributed by atoms with Gasteiger partial charge in [-0.2, -0.15) is 0 Å². The number of hydrogen-bond donors (Lipinski definition) is 1. The fourth-order valence-electron chi connectivity index (χ4n) is 2.11. The summed E-state index contributed by atoms with van der Waals surface area (Å²) in [5, 5.41) is 8.78. The first-order valence-corrected chi connectivity index (χ1v) is 6.23. The van der Waals surface area contributed by atoms with Gasteiger partial charge in [0.2, 0.25) is 0 Å². The lowest BCUT2D eigenvalue weighted by molar-refractivity contribution is -0.136. The van der Waals surface area contributed by atoms with Gasteiger partial charge in [-0.15, -0.1) is 0 Å². The van der Waals surface area contributed by atoms with Gasteiger partial charge < -0.3 is 9.67 Å². The van der Waals surface area contributed by atoms with E-state index in [9.17, 15) is 14.0 Å². The Morgan fingerprint density at radius 1 is 1.20 bits per heavy atom. The Morgan fingerprint density at radius 3 is 2.40 bits per heavy atom. The van der Waals surface area contributed by atoms with Crippen molar-refractivity contribution in [2.45, 2.75) is 19.9 Å². The van der Waals surface area contributed by atoms with Crippen LogP contribution in [0.15, 0.2) is 41.2 Å². The number of carboxylic acid groups (broad SMARTS) is 1. The Kier molecular flexibility index (Phi) is 3.98. The molecule has 0 fully saturated rings. The van der Waals surface area contributed by atoms with Crippen LogP contribution < -0.4 is 5.56 Å². The number of carboxylic acids is 1. The molecule has 5 heteroatoms. The van der Waals surface area contributed by atoms with Crippen molar-refractivity contribution in [3.63, 3.8) is 0 Å². The van der Waals surface area contributed by atoms with Crippen molar-refractivity contribution in [3.05, 3.63) is 58.1 Å². The van der Waals surface area contributed by atoms with E-state index >= 15 is 0 Å². The zero-order valence-corrected chi connectivity index (χ0v) is 11.0. The normalized spacial score (nSPS) is 10.5. The Labute approximate surface area is 115 Å². The first kappa shape index (κ1) is 14.0. The number of benzene rings is 1. The van der Waals surface area contributed by atoms with E-state index in [-0.39, 0.29) is 23.4 Å². The topological polar surface area (TPSA) is 59.3 Å². The van der Waals surface area contributed by atoms with Crippen LogP contribution in [0.1, 0.15) is 12.5 Å². The van der Waals surface area contributed by atoms with Gasteiger partial charge in [-0.3, -0.25) is 9.59 Å². The van der Waals surface area contributed by atoms with Gasteiger partial charge in [-0.05, 0) is 42.8 Å². The highest BCUT2D eigenvalue weighted by Crippen LogP contribution is 2.19. The molecule has 0 bridgehead atoms. The van der Waals surface area contributed by atoms with E-state index in [0.29, 0.717) is 17.8 Å². The molecule has 0 amide bonds. The van der Waals surface area contributed by atoms with E-state index in [2.05, 4.69) is 0 Å². The second-order valence-corrected chi connectivity index (χ2v) is 4.37. The van der Waals surface area contributed by atoms with Crippen molar-refractivity contribution in [1.82, 2.24) is 4.57 Å². The van der Waals surface area contributed by atoms with Crippen LogP contribution in [0.4, 0.5) is 4.39 Å². The quantitative estimate of drug-likeness (QED) is 0.931. The van der Waals surface area contributed by atoms with Crippen molar-refractivity contribution in [3.8, 4) is 11.3 Å². The molecule has 4 nitrogen and oxygen atoms in total. The third kappa shape index (κ3) is 2.77. The van der Waals surface area contributed by atoms with Crippen LogP contribution in [0.2, 0.25) is 0 Å². The number of aliphatic carboxylic acids is 1. The number of hydrogen-bond acceptors (Lipinski definition) is 2.